The molecule has 0 bridgehead atoms. The molecule has 0 spiro atoms. The number of fused-ring (bicyclic) bond motifs is 1. The normalized spacial score (nSPS) is 18.0. The third-order valence-electron chi connectivity index (χ3n) is 7.44. The number of methoxy groups -OCH3 is 1. The number of unbranched alkanes of at least 4 members (excludes halogenated alkanes) is 1. The van der Waals surface area contributed by atoms with E-state index in [1.807, 2.05) is 13.1 Å². The third kappa shape index (κ3) is 7.12. The van der Waals surface area contributed by atoms with E-state index in [9.17, 15) is 4.79 Å². The maximum atomic E-state index is 13.4. The van der Waals surface area contributed by atoms with Gasteiger partial charge in [0.05, 0.1) is 30.5 Å². The number of nitrogens with one attached hydrogen (secondary N) is 1. The van der Waals surface area contributed by atoms with E-state index < -0.39 is 0 Å². The van der Waals surface area contributed by atoms with Gasteiger partial charge in [0.15, 0.2) is 12.0 Å². The predicted molar refractivity (Wildman–Crippen MR) is 156 cm³/mol. The minimum absolute atomic E-state index is 0.151. The minimum Gasteiger partial charge on any atom is -0.500 e. The number of rotatable bonds is 11. The molecule has 1 aromatic carbocycles. The average Bonchev–Trinajstić information content (AvgIpc) is 3.19. The lowest BCUT2D eigenvalue weighted by atomic mass is 9.93. The van der Waals surface area contributed by atoms with Crippen molar-refractivity contribution in [2.45, 2.75) is 59.8 Å². The Kier molecular flexibility index (Phi) is 9.73. The van der Waals surface area contributed by atoms with Crippen molar-refractivity contribution < 1.29 is 14.1 Å². The Morgan fingerprint density at radius 3 is 2.78 bits per heavy atom. The highest BCUT2D eigenvalue weighted by Crippen LogP contribution is 2.36. The summed E-state index contributed by atoms with van der Waals surface area (Å²) < 4.78 is 7.77. The topological polar surface area (TPSA) is 44.6 Å². The molecular formula is C32H44N3O2+. The van der Waals surface area contributed by atoms with Crippen LogP contribution in [0.2, 0.25) is 0 Å². The molecular weight excluding hydrogens is 458 g/mol. The van der Waals surface area contributed by atoms with Crippen LogP contribution in [-0.2, 0) is 9.53 Å². The quantitative estimate of drug-likeness (QED) is 0.154. The molecule has 0 amide bonds. The first-order chi connectivity index (χ1) is 17.6. The number of aryl methyl sites for hydroxylation is 1. The summed E-state index contributed by atoms with van der Waals surface area (Å²) in [5, 5.41) is 3.49. The van der Waals surface area contributed by atoms with Gasteiger partial charge in [-0.25, -0.2) is 4.58 Å². The van der Waals surface area contributed by atoms with Crippen LogP contribution < -0.4 is 10.2 Å². The van der Waals surface area contributed by atoms with E-state index in [2.05, 4.69) is 92.7 Å². The van der Waals surface area contributed by atoms with Gasteiger partial charge < -0.3 is 15.0 Å². The van der Waals surface area contributed by atoms with Gasteiger partial charge in [-0.2, -0.15) is 0 Å². The number of benzene rings is 1. The van der Waals surface area contributed by atoms with Crippen LogP contribution >= 0.6 is 0 Å². The fraction of sp³-hybridized carbons (Fsp3) is 0.438. The lowest BCUT2D eigenvalue weighted by Crippen LogP contribution is -2.19. The molecule has 0 saturated heterocycles. The van der Waals surface area contributed by atoms with E-state index in [1.165, 1.54) is 16.8 Å². The number of hydrogen-bond donors (Lipinski definition) is 1. The summed E-state index contributed by atoms with van der Waals surface area (Å²) in [5.41, 5.74) is 7.27. The lowest BCUT2D eigenvalue weighted by molar-refractivity contribution is -0.493. The molecule has 1 unspecified atom stereocenters. The van der Waals surface area contributed by atoms with Crippen LogP contribution in [0.5, 0.6) is 0 Å². The molecule has 1 N–H and O–H groups in total. The smallest absolute Gasteiger partial charge is 0.174 e. The highest BCUT2D eigenvalue weighted by molar-refractivity contribution is 5.99. The fourth-order valence-electron chi connectivity index (χ4n) is 4.63. The predicted octanol–water partition coefficient (Wildman–Crippen LogP) is 6.93. The van der Waals surface area contributed by atoms with Crippen molar-refractivity contribution in [1.29, 1.82) is 0 Å². The van der Waals surface area contributed by atoms with Crippen molar-refractivity contribution in [3.8, 4) is 0 Å². The summed E-state index contributed by atoms with van der Waals surface area (Å²) in [6.07, 6.45) is 12.2. The SMILES string of the molecule is C=C(/C=C(\C=C(\C)C(C)CC)C(=O)CCC/C=C1/Nc2ccc(C)cc2N1C)C1=C(OC)CC[N+](C)=C1. The molecule has 1 atom stereocenters. The Morgan fingerprint density at radius 1 is 1.32 bits per heavy atom. The minimum atomic E-state index is 0.151. The van der Waals surface area contributed by atoms with Gasteiger partial charge in [-0.3, -0.25) is 4.79 Å². The zero-order chi connectivity index (χ0) is 27.1. The first kappa shape index (κ1) is 28.2. The molecule has 5 nitrogen and oxygen atoms in total. The van der Waals surface area contributed by atoms with Crippen molar-refractivity contribution >= 4 is 23.4 Å². The van der Waals surface area contributed by atoms with Gasteiger partial charge in [0.2, 0.25) is 0 Å². The summed E-state index contributed by atoms with van der Waals surface area (Å²) >= 11 is 0. The Bertz CT molecular complexity index is 1200. The largest absolute Gasteiger partial charge is 0.500 e. The van der Waals surface area contributed by atoms with Crippen molar-refractivity contribution in [2.24, 2.45) is 5.92 Å². The van der Waals surface area contributed by atoms with Gasteiger partial charge in [0, 0.05) is 19.0 Å². The molecule has 37 heavy (non-hydrogen) atoms. The molecule has 1 aromatic rings. The molecule has 0 aromatic heterocycles. The van der Waals surface area contributed by atoms with Crippen LogP contribution in [0.1, 0.15) is 58.4 Å². The Hall–Kier alpha value is -3.34. The molecule has 0 saturated carbocycles. The van der Waals surface area contributed by atoms with Gasteiger partial charge in [-0.15, -0.1) is 0 Å². The molecule has 0 aliphatic carbocycles. The van der Waals surface area contributed by atoms with Crippen LogP contribution in [0.15, 0.2) is 76.9 Å². The first-order valence-corrected chi connectivity index (χ1v) is 13.4. The number of carbonyl (C=O) groups is 1. The van der Waals surface area contributed by atoms with Gasteiger partial charge in [0.1, 0.15) is 25.2 Å². The first-order valence-electron chi connectivity index (χ1n) is 13.4. The van der Waals surface area contributed by atoms with Crippen LogP contribution in [0, 0.1) is 12.8 Å². The number of allylic oxidation sites excluding steroid dienone is 7. The summed E-state index contributed by atoms with van der Waals surface area (Å²) in [6.45, 7) is 13.8. The average molecular weight is 503 g/mol. The molecule has 2 heterocycles. The molecule has 5 heteroatoms. The highest BCUT2D eigenvalue weighted by Gasteiger charge is 2.21. The van der Waals surface area contributed by atoms with Crippen molar-refractivity contribution in [2.75, 3.05) is 38.0 Å². The number of anilines is 2. The lowest BCUT2D eigenvalue weighted by Gasteiger charge is -2.15. The fourth-order valence-corrected chi connectivity index (χ4v) is 4.63. The molecule has 2 aliphatic rings. The van der Waals surface area contributed by atoms with E-state index in [4.69, 9.17) is 4.74 Å². The van der Waals surface area contributed by atoms with E-state index in [1.54, 1.807) is 7.11 Å². The summed E-state index contributed by atoms with van der Waals surface area (Å²) in [6, 6.07) is 6.43. The van der Waals surface area contributed by atoms with Crippen LogP contribution in [0.4, 0.5) is 11.4 Å². The number of hydrogen-bond acceptors (Lipinski definition) is 4. The van der Waals surface area contributed by atoms with Crippen molar-refractivity contribution in [3.63, 3.8) is 0 Å². The second-order valence-corrected chi connectivity index (χ2v) is 10.3. The second kappa shape index (κ2) is 12.8. The van der Waals surface area contributed by atoms with Gasteiger partial charge in [0.25, 0.3) is 0 Å². The molecule has 0 fully saturated rings. The summed E-state index contributed by atoms with van der Waals surface area (Å²) in [7, 11) is 5.83. The molecule has 0 radical (unpaired) electrons. The van der Waals surface area contributed by atoms with Crippen molar-refractivity contribution in [3.05, 3.63) is 82.4 Å². The number of nitrogens with zero attached hydrogens (tertiary/aromatic N) is 2. The number of Topliss-reactive ketones (excluding diaryl/α,β-unsaturated/α-hetero) is 1. The highest BCUT2D eigenvalue weighted by atomic mass is 16.5. The van der Waals surface area contributed by atoms with Crippen molar-refractivity contribution in [1.82, 2.24) is 0 Å². The van der Waals surface area contributed by atoms with Gasteiger partial charge >= 0.3 is 0 Å². The summed E-state index contributed by atoms with van der Waals surface area (Å²) in [4.78, 5) is 15.6. The molecule has 198 valence electrons. The van der Waals surface area contributed by atoms with E-state index in [0.717, 1.165) is 66.2 Å². The van der Waals surface area contributed by atoms with Crippen LogP contribution in [0.25, 0.3) is 0 Å². The zero-order valence-corrected chi connectivity index (χ0v) is 23.8. The Balaban J connectivity index is 1.74. The van der Waals surface area contributed by atoms with E-state index in [0.29, 0.717) is 12.3 Å². The van der Waals surface area contributed by atoms with E-state index >= 15 is 0 Å². The number of ketones is 1. The third-order valence-corrected chi connectivity index (χ3v) is 7.44. The summed E-state index contributed by atoms with van der Waals surface area (Å²) in [5.74, 6) is 2.56. The monoisotopic (exact) mass is 502 g/mol. The zero-order valence-electron chi connectivity index (χ0n) is 23.8. The Labute approximate surface area is 223 Å². The maximum Gasteiger partial charge on any atom is 0.174 e. The van der Waals surface area contributed by atoms with E-state index in [-0.39, 0.29) is 5.78 Å². The standard InChI is InChI=1S/C32H44N3O2/c1-9-23(3)24(4)19-26(20-25(5)27-21-34(6)17-16-31(27)37-8)30(36)12-10-11-13-32-33-28-15-14-22(2)18-29(28)35(32)7/h13-15,18-21,23,33H,5,9-12,16-17H2,1-4,6-8H3/q+1/b24-19-,26-20+,32-13-. The van der Waals surface area contributed by atoms with Crippen LogP contribution in [-0.4, -0.2) is 44.3 Å². The Morgan fingerprint density at radius 2 is 2.08 bits per heavy atom. The second-order valence-electron chi connectivity index (χ2n) is 10.3. The number of ether oxygens (including phenoxy) is 1. The number of carbonyl (C=O) groups excluding carboxylic acids is 1. The maximum absolute atomic E-state index is 13.4. The van der Waals surface area contributed by atoms with Gasteiger partial charge in [-0.1, -0.05) is 38.1 Å². The van der Waals surface area contributed by atoms with Gasteiger partial charge in [-0.05, 0) is 74.4 Å². The molecule has 3 rings (SSSR count). The molecule has 2 aliphatic heterocycles. The van der Waals surface area contributed by atoms with Crippen LogP contribution in [0.3, 0.4) is 0 Å².